The van der Waals surface area contributed by atoms with Crippen LogP contribution in [0, 0.1) is 0 Å². The number of aromatic nitrogens is 3. The molecule has 9 aromatic carbocycles. The van der Waals surface area contributed by atoms with Gasteiger partial charge in [-0.25, -0.2) is 15.0 Å². The molecule has 1 spiro atoms. The lowest BCUT2D eigenvalue weighted by Gasteiger charge is -2.41. The molecule has 4 nitrogen and oxygen atoms in total. The first-order valence-electron chi connectivity index (χ1n) is 19.7. The summed E-state index contributed by atoms with van der Waals surface area (Å²) in [7, 11) is 0. The predicted octanol–water partition coefficient (Wildman–Crippen LogP) is 13.3. The topological polar surface area (TPSA) is 47.9 Å². The van der Waals surface area contributed by atoms with Crippen LogP contribution in [0.25, 0.3) is 78.0 Å². The monoisotopic (exact) mass is 739 g/mol. The summed E-state index contributed by atoms with van der Waals surface area (Å²) in [4.78, 5) is 15.0. The van der Waals surface area contributed by atoms with Crippen molar-refractivity contribution in [3.05, 3.63) is 222 Å². The minimum atomic E-state index is -0.651. The Hall–Kier alpha value is -7.69. The van der Waals surface area contributed by atoms with Crippen LogP contribution in [0.5, 0.6) is 11.5 Å². The first-order chi connectivity index (χ1) is 28.8. The summed E-state index contributed by atoms with van der Waals surface area (Å²) in [6, 6.07) is 70.9. The lowest BCUT2D eigenvalue weighted by atomic mass is 9.64. The summed E-state index contributed by atoms with van der Waals surface area (Å²) in [6.45, 7) is 0. The lowest BCUT2D eigenvalue weighted by molar-refractivity contribution is 0.447. The third kappa shape index (κ3) is 4.72. The highest BCUT2D eigenvalue weighted by Crippen LogP contribution is 2.65. The van der Waals surface area contributed by atoms with Crippen LogP contribution in [-0.2, 0) is 5.41 Å². The van der Waals surface area contributed by atoms with Gasteiger partial charge in [-0.15, -0.1) is 0 Å². The molecule has 12 rings (SSSR count). The zero-order chi connectivity index (χ0) is 38.2. The Bertz CT molecular complexity index is 3110. The summed E-state index contributed by atoms with van der Waals surface area (Å²) in [5.41, 5.74) is 11.7. The van der Waals surface area contributed by atoms with Gasteiger partial charge in [0.25, 0.3) is 0 Å². The number of fused-ring (bicyclic) bond motifs is 13. The van der Waals surface area contributed by atoms with Gasteiger partial charge in [-0.2, -0.15) is 0 Å². The number of benzene rings is 9. The summed E-state index contributed by atoms with van der Waals surface area (Å²) < 4.78 is 7.20. The molecule has 10 aromatic rings. The van der Waals surface area contributed by atoms with Crippen LogP contribution in [-0.4, -0.2) is 15.0 Å². The van der Waals surface area contributed by atoms with Crippen LogP contribution in [0.2, 0.25) is 0 Å². The van der Waals surface area contributed by atoms with Crippen LogP contribution in [0.1, 0.15) is 22.3 Å². The first-order valence-corrected chi connectivity index (χ1v) is 19.7. The van der Waals surface area contributed by atoms with E-state index in [1.165, 1.54) is 27.8 Å². The summed E-state index contributed by atoms with van der Waals surface area (Å²) >= 11 is 0. The van der Waals surface area contributed by atoms with Gasteiger partial charge in [-0.3, -0.25) is 0 Å². The van der Waals surface area contributed by atoms with E-state index >= 15 is 0 Å². The molecule has 0 atom stereocenters. The van der Waals surface area contributed by atoms with Gasteiger partial charge in [0, 0.05) is 38.6 Å². The van der Waals surface area contributed by atoms with Crippen LogP contribution in [0.15, 0.2) is 200 Å². The molecule has 0 radical (unpaired) electrons. The van der Waals surface area contributed by atoms with Gasteiger partial charge in [0.2, 0.25) is 0 Å². The van der Waals surface area contributed by atoms with E-state index in [0.717, 1.165) is 66.4 Å². The minimum absolute atomic E-state index is 0.632. The Labute approximate surface area is 335 Å². The van der Waals surface area contributed by atoms with Crippen molar-refractivity contribution in [1.29, 1.82) is 0 Å². The summed E-state index contributed by atoms with van der Waals surface area (Å²) in [5, 5.41) is 4.51. The molecule has 0 N–H and O–H groups in total. The molecule has 0 fully saturated rings. The number of rotatable bonds is 4. The average Bonchev–Trinajstić information content (AvgIpc) is 3.60. The summed E-state index contributed by atoms with van der Waals surface area (Å²) in [5.74, 6) is 3.74. The number of ether oxygens (including phenoxy) is 1. The maximum Gasteiger partial charge on any atom is 0.164 e. The van der Waals surface area contributed by atoms with Gasteiger partial charge < -0.3 is 4.74 Å². The first kappa shape index (κ1) is 32.5. The summed E-state index contributed by atoms with van der Waals surface area (Å²) in [6.07, 6.45) is 0. The molecule has 0 unspecified atom stereocenters. The highest BCUT2D eigenvalue weighted by atomic mass is 16.5. The van der Waals surface area contributed by atoms with Crippen LogP contribution < -0.4 is 4.74 Å². The zero-order valence-electron chi connectivity index (χ0n) is 31.3. The van der Waals surface area contributed by atoms with Gasteiger partial charge in [0.05, 0.1) is 5.41 Å². The van der Waals surface area contributed by atoms with E-state index in [1.807, 2.05) is 60.7 Å². The highest BCUT2D eigenvalue weighted by Gasteiger charge is 2.53. The Morgan fingerprint density at radius 2 is 0.759 bits per heavy atom. The standard InChI is InChI=1S/C54H33N3O/c1-3-16-37(17-4-1)51-55-52(38-18-5-2-6-19-38)57-53(56-51)39-28-26-36(27-29-39)40-23-13-24-44-43-22-11-12-25-45(43)54(48(40)44)46-32-30-34-14-7-9-20-41(34)49(46)58-50-42-21-10-8-15-35(42)31-33-47(50)54/h1-33H. The lowest BCUT2D eigenvalue weighted by Crippen LogP contribution is -2.33. The fraction of sp³-hybridized carbons (Fsp3) is 0.0185. The SMILES string of the molecule is c1ccc(-c2nc(-c3ccccc3)nc(-c3ccc(-c4cccc5c4C4(c6ccccc6-5)c5ccc6ccccc6c5Oc5c4ccc4ccccc54)cc3)n2)cc1. The van der Waals surface area contributed by atoms with Crippen LogP contribution >= 0.6 is 0 Å². The van der Waals surface area contributed by atoms with Crippen molar-refractivity contribution in [3.63, 3.8) is 0 Å². The second-order valence-corrected chi connectivity index (χ2v) is 15.1. The largest absolute Gasteiger partial charge is 0.455 e. The molecule has 0 saturated heterocycles. The fourth-order valence-electron chi connectivity index (χ4n) is 9.44. The minimum Gasteiger partial charge on any atom is -0.455 e. The maximum atomic E-state index is 7.20. The second kappa shape index (κ2) is 12.7. The van der Waals surface area contributed by atoms with Gasteiger partial charge in [-0.05, 0) is 44.2 Å². The molecule has 2 aliphatic rings. The normalized spacial score (nSPS) is 13.1. The quantitative estimate of drug-likeness (QED) is 0.180. The van der Waals surface area contributed by atoms with Crippen molar-refractivity contribution in [2.45, 2.75) is 5.41 Å². The van der Waals surface area contributed by atoms with E-state index in [9.17, 15) is 0 Å². The molecular formula is C54H33N3O. The Balaban J connectivity index is 1.09. The number of nitrogens with zero attached hydrogens (tertiary/aromatic N) is 3. The van der Waals surface area contributed by atoms with E-state index in [2.05, 4.69) is 140 Å². The van der Waals surface area contributed by atoms with E-state index < -0.39 is 5.41 Å². The van der Waals surface area contributed by atoms with Crippen molar-refractivity contribution >= 4 is 21.5 Å². The van der Waals surface area contributed by atoms with Crippen molar-refractivity contribution in [2.24, 2.45) is 0 Å². The maximum absolute atomic E-state index is 7.20. The van der Waals surface area contributed by atoms with Crippen LogP contribution in [0.3, 0.4) is 0 Å². The van der Waals surface area contributed by atoms with E-state index in [4.69, 9.17) is 19.7 Å². The smallest absolute Gasteiger partial charge is 0.164 e. The molecular weight excluding hydrogens is 707 g/mol. The van der Waals surface area contributed by atoms with Gasteiger partial charge >= 0.3 is 0 Å². The van der Waals surface area contributed by atoms with Gasteiger partial charge in [-0.1, -0.05) is 200 Å². The van der Waals surface area contributed by atoms with Gasteiger partial charge in [0.1, 0.15) is 11.5 Å². The number of hydrogen-bond acceptors (Lipinski definition) is 4. The second-order valence-electron chi connectivity index (χ2n) is 15.1. The van der Waals surface area contributed by atoms with Crippen molar-refractivity contribution in [2.75, 3.05) is 0 Å². The Morgan fingerprint density at radius 1 is 0.310 bits per heavy atom. The number of hydrogen-bond donors (Lipinski definition) is 0. The predicted molar refractivity (Wildman–Crippen MR) is 234 cm³/mol. The molecule has 0 amide bonds. The highest BCUT2D eigenvalue weighted by molar-refractivity contribution is 6.01. The van der Waals surface area contributed by atoms with E-state index in [1.54, 1.807) is 0 Å². The molecule has 1 aliphatic heterocycles. The average molecular weight is 740 g/mol. The molecule has 4 heteroatoms. The van der Waals surface area contributed by atoms with Crippen molar-refractivity contribution in [1.82, 2.24) is 15.0 Å². The Kier molecular flexibility index (Phi) is 7.11. The molecule has 1 aromatic heterocycles. The van der Waals surface area contributed by atoms with Crippen molar-refractivity contribution in [3.8, 4) is 67.9 Å². The zero-order valence-corrected chi connectivity index (χ0v) is 31.3. The van der Waals surface area contributed by atoms with E-state index in [-0.39, 0.29) is 0 Å². The third-order valence-corrected chi connectivity index (χ3v) is 12.0. The Morgan fingerprint density at radius 3 is 1.34 bits per heavy atom. The van der Waals surface area contributed by atoms with E-state index in [0.29, 0.717) is 17.5 Å². The van der Waals surface area contributed by atoms with Crippen LogP contribution in [0.4, 0.5) is 0 Å². The molecule has 270 valence electrons. The van der Waals surface area contributed by atoms with Crippen molar-refractivity contribution < 1.29 is 4.74 Å². The molecule has 0 saturated carbocycles. The molecule has 0 bridgehead atoms. The molecule has 2 heterocycles. The third-order valence-electron chi connectivity index (χ3n) is 12.0. The molecule has 58 heavy (non-hydrogen) atoms. The molecule has 1 aliphatic carbocycles. The fourth-order valence-corrected chi connectivity index (χ4v) is 9.44. The van der Waals surface area contributed by atoms with Gasteiger partial charge in [0.15, 0.2) is 17.5 Å².